The zero-order valence-corrected chi connectivity index (χ0v) is 7.46. The highest BCUT2D eigenvalue weighted by atomic mass is 16.3. The number of hydrogen-bond acceptors (Lipinski definition) is 3. The zero-order valence-electron chi connectivity index (χ0n) is 7.46. The molecule has 1 aromatic carbocycles. The summed E-state index contributed by atoms with van der Waals surface area (Å²) in [5, 5.41) is 13.3. The summed E-state index contributed by atoms with van der Waals surface area (Å²) in [4.78, 5) is 0. The molecule has 1 saturated heterocycles. The number of nitrogen functional groups attached to an aromatic ring is 1. The fraction of sp³-hybridized carbons (Fsp3) is 0.400. The van der Waals surface area contributed by atoms with Gasteiger partial charge in [-0.2, -0.15) is 0 Å². The van der Waals surface area contributed by atoms with Gasteiger partial charge in [0.05, 0.1) is 0 Å². The van der Waals surface area contributed by atoms with E-state index in [4.69, 9.17) is 5.73 Å². The number of hydrogen-bond donors (Lipinski definition) is 3. The van der Waals surface area contributed by atoms with E-state index < -0.39 is 5.60 Å². The second-order valence-electron chi connectivity index (χ2n) is 3.55. The first-order valence-corrected chi connectivity index (χ1v) is 4.50. The number of aliphatic hydroxyl groups is 1. The first kappa shape index (κ1) is 8.53. The fourth-order valence-corrected chi connectivity index (χ4v) is 1.83. The number of anilines is 1. The van der Waals surface area contributed by atoms with Crippen molar-refractivity contribution in [1.82, 2.24) is 5.32 Å². The summed E-state index contributed by atoms with van der Waals surface area (Å²) in [6.45, 7) is 1.45. The minimum absolute atomic E-state index is 0.598. The molecule has 70 valence electrons. The Bertz CT molecular complexity index is 306. The van der Waals surface area contributed by atoms with Crippen LogP contribution in [0.3, 0.4) is 0 Å². The van der Waals surface area contributed by atoms with Crippen LogP contribution in [-0.2, 0) is 5.60 Å². The van der Waals surface area contributed by atoms with E-state index in [0.717, 1.165) is 18.5 Å². The van der Waals surface area contributed by atoms with Crippen molar-refractivity contribution < 1.29 is 5.11 Å². The average molecular weight is 178 g/mol. The number of benzene rings is 1. The topological polar surface area (TPSA) is 58.3 Å². The van der Waals surface area contributed by atoms with Gasteiger partial charge in [0.25, 0.3) is 0 Å². The van der Waals surface area contributed by atoms with Crippen LogP contribution in [0.25, 0.3) is 0 Å². The maximum atomic E-state index is 10.2. The Morgan fingerprint density at radius 2 is 2.15 bits per heavy atom. The molecule has 1 aliphatic rings. The Morgan fingerprint density at radius 3 is 2.77 bits per heavy atom. The van der Waals surface area contributed by atoms with Crippen LogP contribution in [-0.4, -0.2) is 18.2 Å². The van der Waals surface area contributed by atoms with Gasteiger partial charge < -0.3 is 16.2 Å². The van der Waals surface area contributed by atoms with Gasteiger partial charge in [-0.25, -0.2) is 0 Å². The summed E-state index contributed by atoms with van der Waals surface area (Å²) in [7, 11) is 0. The van der Waals surface area contributed by atoms with Crippen LogP contribution in [0.4, 0.5) is 5.69 Å². The van der Waals surface area contributed by atoms with Gasteiger partial charge in [0.15, 0.2) is 0 Å². The predicted octanol–water partition coefficient (Wildman–Crippen LogP) is 0.450. The minimum atomic E-state index is -0.759. The van der Waals surface area contributed by atoms with Crippen LogP contribution in [0.1, 0.15) is 12.0 Å². The molecule has 1 heterocycles. The van der Waals surface area contributed by atoms with Crippen molar-refractivity contribution in [3.8, 4) is 0 Å². The zero-order chi connectivity index (χ0) is 9.31. The molecule has 3 nitrogen and oxygen atoms in total. The second kappa shape index (κ2) is 3.01. The van der Waals surface area contributed by atoms with Gasteiger partial charge in [0.1, 0.15) is 5.60 Å². The number of β-amino-alcohol motifs (C(OH)–C–C–N with tert-alkyl or cyclic N) is 1. The molecule has 0 saturated carbocycles. The lowest BCUT2D eigenvalue weighted by molar-refractivity contribution is 0.0595. The van der Waals surface area contributed by atoms with Gasteiger partial charge in [0, 0.05) is 17.8 Å². The van der Waals surface area contributed by atoms with Gasteiger partial charge in [-0.15, -0.1) is 0 Å². The molecule has 4 N–H and O–H groups in total. The molecule has 3 heteroatoms. The largest absolute Gasteiger partial charge is 0.398 e. The van der Waals surface area contributed by atoms with Crippen LogP contribution >= 0.6 is 0 Å². The lowest BCUT2D eigenvalue weighted by atomic mass is 9.92. The summed E-state index contributed by atoms with van der Waals surface area (Å²) in [6, 6.07) is 7.50. The Labute approximate surface area is 77.6 Å². The molecular formula is C10H14N2O. The monoisotopic (exact) mass is 178 g/mol. The number of para-hydroxylation sites is 1. The highest BCUT2D eigenvalue weighted by Crippen LogP contribution is 2.31. The Kier molecular flexibility index (Phi) is 1.98. The molecular weight excluding hydrogens is 164 g/mol. The average Bonchev–Trinajstić information content (AvgIpc) is 2.54. The molecule has 13 heavy (non-hydrogen) atoms. The normalized spacial score (nSPS) is 27.8. The van der Waals surface area contributed by atoms with E-state index in [1.54, 1.807) is 0 Å². The van der Waals surface area contributed by atoms with Gasteiger partial charge in [-0.05, 0) is 19.0 Å². The van der Waals surface area contributed by atoms with Crippen LogP contribution in [0.15, 0.2) is 24.3 Å². The fourth-order valence-electron chi connectivity index (χ4n) is 1.83. The van der Waals surface area contributed by atoms with E-state index in [1.807, 2.05) is 24.3 Å². The Hall–Kier alpha value is -1.06. The van der Waals surface area contributed by atoms with Gasteiger partial charge in [-0.1, -0.05) is 18.2 Å². The van der Waals surface area contributed by atoms with Crippen molar-refractivity contribution in [2.24, 2.45) is 0 Å². The summed E-state index contributed by atoms with van der Waals surface area (Å²) in [5.74, 6) is 0. The van der Waals surface area contributed by atoms with E-state index in [1.165, 1.54) is 0 Å². The van der Waals surface area contributed by atoms with Crippen LogP contribution in [0.5, 0.6) is 0 Å². The van der Waals surface area contributed by atoms with E-state index in [-0.39, 0.29) is 0 Å². The van der Waals surface area contributed by atoms with Gasteiger partial charge in [-0.3, -0.25) is 0 Å². The molecule has 0 spiro atoms. The minimum Gasteiger partial charge on any atom is -0.398 e. The SMILES string of the molecule is Nc1ccccc1C1(O)CCNC1. The van der Waals surface area contributed by atoms with Crippen molar-refractivity contribution in [2.75, 3.05) is 18.8 Å². The van der Waals surface area contributed by atoms with Gasteiger partial charge >= 0.3 is 0 Å². The molecule has 1 aliphatic heterocycles. The molecule has 0 radical (unpaired) electrons. The van der Waals surface area contributed by atoms with Crippen molar-refractivity contribution >= 4 is 5.69 Å². The van der Waals surface area contributed by atoms with E-state index >= 15 is 0 Å². The van der Waals surface area contributed by atoms with Crippen LogP contribution in [0, 0.1) is 0 Å². The predicted molar refractivity (Wildman–Crippen MR) is 52.2 cm³/mol. The van der Waals surface area contributed by atoms with E-state index in [0.29, 0.717) is 12.2 Å². The molecule has 1 atom stereocenters. The van der Waals surface area contributed by atoms with Crippen LogP contribution in [0.2, 0.25) is 0 Å². The van der Waals surface area contributed by atoms with E-state index in [2.05, 4.69) is 5.32 Å². The number of nitrogens with one attached hydrogen (secondary N) is 1. The Balaban J connectivity index is 2.39. The molecule has 0 bridgehead atoms. The summed E-state index contributed by atoms with van der Waals surface area (Å²) >= 11 is 0. The van der Waals surface area contributed by atoms with Crippen molar-refractivity contribution in [3.05, 3.63) is 29.8 Å². The van der Waals surface area contributed by atoms with Crippen molar-refractivity contribution in [2.45, 2.75) is 12.0 Å². The third-order valence-corrected chi connectivity index (χ3v) is 2.59. The summed E-state index contributed by atoms with van der Waals surface area (Å²) in [6.07, 6.45) is 0.737. The first-order valence-electron chi connectivity index (χ1n) is 4.50. The molecule has 1 unspecified atom stereocenters. The highest BCUT2D eigenvalue weighted by molar-refractivity contribution is 5.50. The quantitative estimate of drug-likeness (QED) is 0.547. The van der Waals surface area contributed by atoms with Gasteiger partial charge in [0.2, 0.25) is 0 Å². The molecule has 2 rings (SSSR count). The third-order valence-electron chi connectivity index (χ3n) is 2.59. The second-order valence-corrected chi connectivity index (χ2v) is 3.55. The molecule has 0 amide bonds. The molecule has 0 aromatic heterocycles. The standard InChI is InChI=1S/C10H14N2O/c11-9-4-2-1-3-8(9)10(13)5-6-12-7-10/h1-4,12-13H,5-7,11H2. The van der Waals surface area contributed by atoms with Crippen molar-refractivity contribution in [1.29, 1.82) is 0 Å². The maximum absolute atomic E-state index is 10.2. The van der Waals surface area contributed by atoms with E-state index in [9.17, 15) is 5.11 Å². The lowest BCUT2D eigenvalue weighted by Crippen LogP contribution is -2.29. The molecule has 1 fully saturated rings. The number of rotatable bonds is 1. The highest BCUT2D eigenvalue weighted by Gasteiger charge is 2.34. The third kappa shape index (κ3) is 1.41. The Morgan fingerprint density at radius 1 is 1.38 bits per heavy atom. The molecule has 0 aliphatic carbocycles. The van der Waals surface area contributed by atoms with Crippen molar-refractivity contribution in [3.63, 3.8) is 0 Å². The lowest BCUT2D eigenvalue weighted by Gasteiger charge is -2.23. The molecule has 1 aromatic rings. The summed E-state index contributed by atoms with van der Waals surface area (Å²) < 4.78 is 0. The summed E-state index contributed by atoms with van der Waals surface area (Å²) in [5.41, 5.74) is 6.56. The smallest absolute Gasteiger partial charge is 0.105 e. The maximum Gasteiger partial charge on any atom is 0.105 e. The first-order chi connectivity index (χ1) is 6.22. The number of nitrogens with two attached hydrogens (primary N) is 1. The van der Waals surface area contributed by atoms with Crippen LogP contribution < -0.4 is 11.1 Å².